The minimum atomic E-state index is -0.325. The van der Waals surface area contributed by atoms with Crippen LogP contribution in [0.25, 0.3) is 0 Å². The molecule has 0 fully saturated rings. The van der Waals surface area contributed by atoms with Crippen molar-refractivity contribution in [3.8, 4) is 11.5 Å². The maximum absolute atomic E-state index is 11.7. The van der Waals surface area contributed by atoms with E-state index in [1.54, 1.807) is 25.1 Å². The van der Waals surface area contributed by atoms with Gasteiger partial charge in [-0.05, 0) is 63.6 Å². The molecule has 2 aromatic rings. The smallest absolute Gasteiger partial charge is 0.338 e. The highest BCUT2D eigenvalue weighted by Crippen LogP contribution is 2.34. The standard InChI is InChI=1S/C21H26ClNO4/c1-5-25-19-11-16(18(22)12-20(19)27-14(3)4)13-23-17-9-7-15(8-10-17)21(24)26-6-2/h7-12,14,23H,5-6,13H2,1-4H3. The molecule has 0 radical (unpaired) electrons. The van der Waals surface area contributed by atoms with Crippen molar-refractivity contribution in [3.05, 3.63) is 52.5 Å². The number of ether oxygens (including phenoxy) is 3. The van der Waals surface area contributed by atoms with Crippen LogP contribution in [0.4, 0.5) is 5.69 Å². The number of hydrogen-bond acceptors (Lipinski definition) is 5. The second kappa shape index (κ2) is 10.1. The molecule has 2 aromatic carbocycles. The summed E-state index contributed by atoms with van der Waals surface area (Å²) in [7, 11) is 0. The van der Waals surface area contributed by atoms with E-state index in [9.17, 15) is 4.79 Å². The molecular formula is C21H26ClNO4. The Bertz CT molecular complexity index is 760. The number of carbonyl (C=O) groups is 1. The van der Waals surface area contributed by atoms with Crippen molar-refractivity contribution in [3.63, 3.8) is 0 Å². The van der Waals surface area contributed by atoms with Gasteiger partial charge in [0.05, 0.1) is 24.9 Å². The Hall–Kier alpha value is -2.40. The third-order valence-electron chi connectivity index (χ3n) is 3.65. The zero-order chi connectivity index (χ0) is 19.8. The van der Waals surface area contributed by atoms with Crippen LogP contribution in [0.3, 0.4) is 0 Å². The first-order valence-electron chi connectivity index (χ1n) is 9.07. The number of hydrogen-bond donors (Lipinski definition) is 1. The molecule has 0 atom stereocenters. The Morgan fingerprint density at radius 3 is 2.37 bits per heavy atom. The summed E-state index contributed by atoms with van der Waals surface area (Å²) in [6.07, 6.45) is 0.0298. The van der Waals surface area contributed by atoms with E-state index in [1.165, 1.54) is 0 Å². The van der Waals surface area contributed by atoms with E-state index in [4.69, 9.17) is 25.8 Å². The second-order valence-electron chi connectivity index (χ2n) is 6.14. The van der Waals surface area contributed by atoms with Gasteiger partial charge in [-0.3, -0.25) is 0 Å². The molecule has 27 heavy (non-hydrogen) atoms. The van der Waals surface area contributed by atoms with E-state index in [1.807, 2.05) is 39.0 Å². The lowest BCUT2D eigenvalue weighted by Gasteiger charge is -2.17. The minimum Gasteiger partial charge on any atom is -0.490 e. The highest BCUT2D eigenvalue weighted by atomic mass is 35.5. The molecule has 0 spiro atoms. The molecular weight excluding hydrogens is 366 g/mol. The van der Waals surface area contributed by atoms with E-state index in [0.29, 0.717) is 41.8 Å². The van der Waals surface area contributed by atoms with Gasteiger partial charge in [-0.25, -0.2) is 4.79 Å². The molecule has 0 heterocycles. The Balaban J connectivity index is 2.10. The number of anilines is 1. The van der Waals surface area contributed by atoms with Crippen LogP contribution in [-0.4, -0.2) is 25.3 Å². The van der Waals surface area contributed by atoms with Gasteiger partial charge in [0.1, 0.15) is 0 Å². The molecule has 0 saturated carbocycles. The molecule has 6 heteroatoms. The lowest BCUT2D eigenvalue weighted by molar-refractivity contribution is 0.0526. The summed E-state index contributed by atoms with van der Waals surface area (Å²) < 4.78 is 16.5. The highest BCUT2D eigenvalue weighted by molar-refractivity contribution is 6.31. The van der Waals surface area contributed by atoms with Crippen LogP contribution < -0.4 is 14.8 Å². The molecule has 0 unspecified atom stereocenters. The van der Waals surface area contributed by atoms with Crippen LogP contribution in [-0.2, 0) is 11.3 Å². The summed E-state index contributed by atoms with van der Waals surface area (Å²) >= 11 is 6.42. The van der Waals surface area contributed by atoms with Gasteiger partial charge in [0, 0.05) is 23.3 Å². The van der Waals surface area contributed by atoms with Crippen LogP contribution in [0.15, 0.2) is 36.4 Å². The topological polar surface area (TPSA) is 56.8 Å². The third-order valence-corrected chi connectivity index (χ3v) is 4.01. The first-order valence-corrected chi connectivity index (χ1v) is 9.45. The number of carbonyl (C=O) groups excluding carboxylic acids is 1. The largest absolute Gasteiger partial charge is 0.490 e. The normalized spacial score (nSPS) is 10.6. The summed E-state index contributed by atoms with van der Waals surface area (Å²) in [5, 5.41) is 3.90. The molecule has 0 aromatic heterocycles. The SMILES string of the molecule is CCOC(=O)c1ccc(NCc2cc(OCC)c(OC(C)C)cc2Cl)cc1. The molecule has 0 amide bonds. The van der Waals surface area contributed by atoms with E-state index in [2.05, 4.69) is 5.32 Å². The van der Waals surface area contributed by atoms with Crippen molar-refractivity contribution in [2.75, 3.05) is 18.5 Å². The van der Waals surface area contributed by atoms with Gasteiger partial charge in [-0.1, -0.05) is 11.6 Å². The van der Waals surface area contributed by atoms with Crippen molar-refractivity contribution >= 4 is 23.3 Å². The zero-order valence-corrected chi connectivity index (χ0v) is 16.9. The summed E-state index contributed by atoms with van der Waals surface area (Å²) in [5.74, 6) is 0.985. The van der Waals surface area contributed by atoms with Gasteiger partial charge in [0.25, 0.3) is 0 Å². The first kappa shape index (κ1) is 20.9. The van der Waals surface area contributed by atoms with Crippen molar-refractivity contribution in [1.29, 1.82) is 0 Å². The summed E-state index contributed by atoms with van der Waals surface area (Å²) in [6, 6.07) is 10.8. The van der Waals surface area contributed by atoms with Gasteiger partial charge < -0.3 is 19.5 Å². The number of nitrogens with one attached hydrogen (secondary N) is 1. The van der Waals surface area contributed by atoms with Crippen molar-refractivity contribution in [2.24, 2.45) is 0 Å². The second-order valence-corrected chi connectivity index (χ2v) is 6.55. The summed E-state index contributed by atoms with van der Waals surface area (Å²) in [5.41, 5.74) is 2.29. The fraction of sp³-hybridized carbons (Fsp3) is 0.381. The number of benzene rings is 2. The predicted octanol–water partition coefficient (Wildman–Crippen LogP) is 5.31. The van der Waals surface area contributed by atoms with Crippen LogP contribution in [0.5, 0.6) is 11.5 Å². The minimum absolute atomic E-state index is 0.0298. The molecule has 0 aliphatic carbocycles. The van der Waals surface area contributed by atoms with Gasteiger partial charge in [0.15, 0.2) is 11.5 Å². The molecule has 0 aliphatic rings. The summed E-state index contributed by atoms with van der Waals surface area (Å²) in [4.78, 5) is 11.7. The predicted molar refractivity (Wildman–Crippen MR) is 108 cm³/mol. The average Bonchev–Trinajstić information content (AvgIpc) is 2.63. The molecule has 0 bridgehead atoms. The molecule has 2 rings (SSSR count). The first-order chi connectivity index (χ1) is 12.9. The lowest BCUT2D eigenvalue weighted by Crippen LogP contribution is -2.09. The average molecular weight is 392 g/mol. The van der Waals surface area contributed by atoms with Gasteiger partial charge in [0.2, 0.25) is 0 Å². The number of esters is 1. The number of halogens is 1. The van der Waals surface area contributed by atoms with Crippen LogP contribution in [0.1, 0.15) is 43.6 Å². The zero-order valence-electron chi connectivity index (χ0n) is 16.2. The van der Waals surface area contributed by atoms with Crippen LogP contribution in [0.2, 0.25) is 5.02 Å². The Morgan fingerprint density at radius 1 is 1.07 bits per heavy atom. The van der Waals surface area contributed by atoms with Gasteiger partial charge >= 0.3 is 5.97 Å². The fourth-order valence-electron chi connectivity index (χ4n) is 2.46. The van der Waals surface area contributed by atoms with Crippen molar-refractivity contribution in [1.82, 2.24) is 0 Å². The van der Waals surface area contributed by atoms with Gasteiger partial charge in [-0.2, -0.15) is 0 Å². The molecule has 146 valence electrons. The lowest BCUT2D eigenvalue weighted by atomic mass is 10.1. The fourth-order valence-corrected chi connectivity index (χ4v) is 2.68. The number of rotatable bonds is 9. The Labute approximate surface area is 165 Å². The third kappa shape index (κ3) is 6.07. The maximum atomic E-state index is 11.7. The molecule has 0 aliphatic heterocycles. The summed E-state index contributed by atoms with van der Waals surface area (Å²) in [6.45, 7) is 9.04. The highest BCUT2D eigenvalue weighted by Gasteiger charge is 2.13. The van der Waals surface area contributed by atoms with E-state index >= 15 is 0 Å². The van der Waals surface area contributed by atoms with E-state index < -0.39 is 0 Å². The van der Waals surface area contributed by atoms with Crippen molar-refractivity contribution in [2.45, 2.75) is 40.3 Å². The van der Waals surface area contributed by atoms with E-state index in [0.717, 1.165) is 11.3 Å². The van der Waals surface area contributed by atoms with Gasteiger partial charge in [-0.15, -0.1) is 0 Å². The Morgan fingerprint density at radius 2 is 1.78 bits per heavy atom. The molecule has 5 nitrogen and oxygen atoms in total. The van der Waals surface area contributed by atoms with Crippen molar-refractivity contribution < 1.29 is 19.0 Å². The molecule has 1 N–H and O–H groups in total. The Kier molecular flexibility index (Phi) is 7.80. The van der Waals surface area contributed by atoms with Crippen LogP contribution >= 0.6 is 11.6 Å². The molecule has 0 saturated heterocycles. The van der Waals surface area contributed by atoms with E-state index in [-0.39, 0.29) is 12.1 Å². The maximum Gasteiger partial charge on any atom is 0.338 e. The van der Waals surface area contributed by atoms with Crippen LogP contribution in [0, 0.1) is 0 Å². The quantitative estimate of drug-likeness (QED) is 0.586. The monoisotopic (exact) mass is 391 g/mol.